The van der Waals surface area contributed by atoms with E-state index in [1.165, 1.54) is 32.1 Å². The van der Waals surface area contributed by atoms with Gasteiger partial charge in [0.2, 0.25) is 0 Å². The van der Waals surface area contributed by atoms with E-state index in [1.54, 1.807) is 6.07 Å². The van der Waals surface area contributed by atoms with Crippen molar-refractivity contribution in [3.05, 3.63) is 22.9 Å². The fraction of sp³-hybridized carbons (Fsp3) is 0.647. The maximum atomic E-state index is 11.3. The minimum Gasteiger partial charge on any atom is -0.478 e. The highest BCUT2D eigenvalue weighted by atomic mass is 16.4. The summed E-state index contributed by atoms with van der Waals surface area (Å²) in [6.45, 7) is 3.02. The molecule has 0 saturated carbocycles. The number of rotatable bonds is 9. The molecule has 0 aliphatic heterocycles. The number of nitrogens with one attached hydrogen (secondary N) is 1. The molecular weight excluding hydrogens is 264 g/mol. The van der Waals surface area contributed by atoms with Gasteiger partial charge >= 0.3 is 5.97 Å². The first-order valence-corrected chi connectivity index (χ1v) is 8.22. The van der Waals surface area contributed by atoms with Crippen molar-refractivity contribution in [3.63, 3.8) is 0 Å². The average molecular weight is 290 g/mol. The molecule has 0 unspecified atom stereocenters. The SMILES string of the molecule is CCCCCCCCNc1nc2c(cc1C(=O)O)CCC2. The smallest absolute Gasteiger partial charge is 0.339 e. The Hall–Kier alpha value is -1.58. The fourth-order valence-electron chi connectivity index (χ4n) is 2.88. The van der Waals surface area contributed by atoms with Crippen LogP contribution in [-0.2, 0) is 12.8 Å². The highest BCUT2D eigenvalue weighted by Crippen LogP contribution is 2.25. The van der Waals surface area contributed by atoms with Gasteiger partial charge in [-0.3, -0.25) is 0 Å². The normalized spacial score (nSPS) is 13.2. The van der Waals surface area contributed by atoms with Crippen LogP contribution >= 0.6 is 0 Å². The Morgan fingerprint density at radius 1 is 1.24 bits per heavy atom. The van der Waals surface area contributed by atoms with Crippen LogP contribution in [0.15, 0.2) is 6.07 Å². The summed E-state index contributed by atoms with van der Waals surface area (Å²) in [7, 11) is 0. The predicted molar refractivity (Wildman–Crippen MR) is 85.1 cm³/mol. The summed E-state index contributed by atoms with van der Waals surface area (Å²) in [5, 5.41) is 12.5. The number of hydrogen-bond acceptors (Lipinski definition) is 3. The fourth-order valence-corrected chi connectivity index (χ4v) is 2.88. The molecule has 0 bridgehead atoms. The minimum atomic E-state index is -0.886. The van der Waals surface area contributed by atoms with Crippen LogP contribution in [0.5, 0.6) is 0 Å². The molecule has 0 amide bonds. The van der Waals surface area contributed by atoms with E-state index < -0.39 is 5.97 Å². The number of unbranched alkanes of at least 4 members (excludes halogenated alkanes) is 5. The monoisotopic (exact) mass is 290 g/mol. The zero-order chi connectivity index (χ0) is 15.1. The summed E-state index contributed by atoms with van der Waals surface area (Å²) in [6.07, 6.45) is 10.4. The number of aromatic carboxylic acids is 1. The van der Waals surface area contributed by atoms with Crippen LogP contribution < -0.4 is 5.32 Å². The molecule has 0 fully saturated rings. The summed E-state index contributed by atoms with van der Waals surface area (Å²) >= 11 is 0. The van der Waals surface area contributed by atoms with Gasteiger partial charge in [-0.15, -0.1) is 0 Å². The van der Waals surface area contributed by atoms with Crippen LogP contribution in [-0.4, -0.2) is 22.6 Å². The second kappa shape index (κ2) is 8.01. The molecule has 0 radical (unpaired) electrons. The molecule has 0 saturated heterocycles. The maximum Gasteiger partial charge on any atom is 0.339 e. The highest BCUT2D eigenvalue weighted by Gasteiger charge is 2.19. The number of fused-ring (bicyclic) bond motifs is 1. The molecular formula is C17H26N2O2. The largest absolute Gasteiger partial charge is 0.478 e. The lowest BCUT2D eigenvalue weighted by molar-refractivity contribution is 0.0697. The van der Waals surface area contributed by atoms with Crippen molar-refractivity contribution in [2.75, 3.05) is 11.9 Å². The minimum absolute atomic E-state index is 0.321. The van der Waals surface area contributed by atoms with E-state index in [4.69, 9.17) is 0 Å². The molecule has 0 spiro atoms. The number of hydrogen-bond donors (Lipinski definition) is 2. The first kappa shape index (κ1) is 15.8. The van der Waals surface area contributed by atoms with Crippen molar-refractivity contribution in [1.82, 2.24) is 4.98 Å². The summed E-state index contributed by atoms with van der Waals surface area (Å²) < 4.78 is 0. The lowest BCUT2D eigenvalue weighted by Gasteiger charge is -2.11. The van der Waals surface area contributed by atoms with E-state index in [-0.39, 0.29) is 0 Å². The zero-order valence-corrected chi connectivity index (χ0v) is 13.0. The van der Waals surface area contributed by atoms with Crippen LogP contribution in [0.2, 0.25) is 0 Å². The molecule has 2 N–H and O–H groups in total. The third kappa shape index (κ3) is 4.45. The molecule has 1 aromatic heterocycles. The number of pyridine rings is 1. The summed E-state index contributed by atoms with van der Waals surface area (Å²) in [6, 6.07) is 1.81. The Kier molecular flexibility index (Phi) is 6.03. The summed E-state index contributed by atoms with van der Waals surface area (Å²) in [4.78, 5) is 15.9. The van der Waals surface area contributed by atoms with Crippen LogP contribution in [0.1, 0.15) is 73.5 Å². The quantitative estimate of drug-likeness (QED) is 0.674. The lowest BCUT2D eigenvalue weighted by atomic mass is 10.1. The van der Waals surface area contributed by atoms with Crippen molar-refractivity contribution in [2.45, 2.75) is 64.7 Å². The standard InChI is InChI=1S/C17H26N2O2/c1-2-3-4-5-6-7-11-18-16-14(17(20)21)12-13-9-8-10-15(13)19-16/h12H,2-11H2,1H3,(H,18,19)(H,20,21). The molecule has 1 aliphatic carbocycles. The Bertz CT molecular complexity index is 486. The van der Waals surface area contributed by atoms with E-state index in [0.29, 0.717) is 11.4 Å². The van der Waals surface area contributed by atoms with E-state index >= 15 is 0 Å². The Morgan fingerprint density at radius 2 is 2.00 bits per heavy atom. The van der Waals surface area contributed by atoms with Gasteiger partial charge in [-0.05, 0) is 37.3 Å². The van der Waals surface area contributed by atoms with Gasteiger partial charge in [0.05, 0.1) is 0 Å². The summed E-state index contributed by atoms with van der Waals surface area (Å²) in [5.41, 5.74) is 2.50. The first-order valence-electron chi connectivity index (χ1n) is 8.22. The van der Waals surface area contributed by atoms with Crippen LogP contribution in [0, 0.1) is 0 Å². The molecule has 21 heavy (non-hydrogen) atoms. The van der Waals surface area contributed by atoms with Gasteiger partial charge in [-0.25, -0.2) is 9.78 Å². The molecule has 4 nitrogen and oxygen atoms in total. The molecule has 4 heteroatoms. The summed E-state index contributed by atoms with van der Waals surface area (Å²) in [5.74, 6) is -0.334. The first-order chi connectivity index (χ1) is 10.2. The topological polar surface area (TPSA) is 62.2 Å². The van der Waals surface area contributed by atoms with Crippen molar-refractivity contribution in [1.29, 1.82) is 0 Å². The van der Waals surface area contributed by atoms with Crippen molar-refractivity contribution < 1.29 is 9.90 Å². The molecule has 1 aromatic rings. The zero-order valence-electron chi connectivity index (χ0n) is 13.0. The molecule has 1 aliphatic rings. The number of carbonyl (C=O) groups is 1. The molecule has 116 valence electrons. The molecule has 1 heterocycles. The Balaban J connectivity index is 1.86. The molecule has 2 rings (SSSR count). The van der Waals surface area contributed by atoms with E-state index in [0.717, 1.165) is 43.5 Å². The van der Waals surface area contributed by atoms with E-state index in [2.05, 4.69) is 17.2 Å². The second-order valence-electron chi connectivity index (χ2n) is 5.84. The maximum absolute atomic E-state index is 11.3. The average Bonchev–Trinajstić information content (AvgIpc) is 2.92. The van der Waals surface area contributed by atoms with Gasteiger partial charge < -0.3 is 10.4 Å². The Morgan fingerprint density at radius 3 is 2.76 bits per heavy atom. The third-order valence-electron chi connectivity index (χ3n) is 4.10. The van der Waals surface area contributed by atoms with E-state index in [1.807, 2.05) is 0 Å². The van der Waals surface area contributed by atoms with Crippen molar-refractivity contribution in [2.24, 2.45) is 0 Å². The number of aromatic nitrogens is 1. The number of carboxylic acid groups (broad SMARTS) is 1. The lowest BCUT2D eigenvalue weighted by Crippen LogP contribution is -2.11. The second-order valence-corrected chi connectivity index (χ2v) is 5.84. The number of aryl methyl sites for hydroxylation is 2. The van der Waals surface area contributed by atoms with Gasteiger partial charge in [-0.1, -0.05) is 39.0 Å². The van der Waals surface area contributed by atoms with Crippen LogP contribution in [0.25, 0.3) is 0 Å². The van der Waals surface area contributed by atoms with Gasteiger partial charge in [0, 0.05) is 12.2 Å². The van der Waals surface area contributed by atoms with Gasteiger partial charge in [0.25, 0.3) is 0 Å². The Labute approximate surface area is 127 Å². The number of carboxylic acids is 1. The van der Waals surface area contributed by atoms with Crippen LogP contribution in [0.3, 0.4) is 0 Å². The highest BCUT2D eigenvalue weighted by molar-refractivity contribution is 5.93. The number of anilines is 1. The third-order valence-corrected chi connectivity index (χ3v) is 4.10. The van der Waals surface area contributed by atoms with Crippen LogP contribution in [0.4, 0.5) is 5.82 Å². The molecule has 0 aromatic carbocycles. The van der Waals surface area contributed by atoms with Crippen molar-refractivity contribution >= 4 is 11.8 Å². The van der Waals surface area contributed by atoms with Gasteiger partial charge in [-0.2, -0.15) is 0 Å². The van der Waals surface area contributed by atoms with E-state index in [9.17, 15) is 9.90 Å². The van der Waals surface area contributed by atoms with Gasteiger partial charge in [0.15, 0.2) is 0 Å². The number of nitrogens with zero attached hydrogens (tertiary/aromatic N) is 1. The molecule has 0 atom stereocenters. The van der Waals surface area contributed by atoms with Crippen molar-refractivity contribution in [3.8, 4) is 0 Å². The van der Waals surface area contributed by atoms with Gasteiger partial charge in [0.1, 0.15) is 11.4 Å². The predicted octanol–water partition coefficient (Wildman–Crippen LogP) is 4.04.